The molecule has 0 radical (unpaired) electrons. The molecule has 2 aromatic carbocycles. The van der Waals surface area contributed by atoms with Gasteiger partial charge in [-0.2, -0.15) is 0 Å². The quantitative estimate of drug-likeness (QED) is 0.571. The molecule has 0 aromatic heterocycles. The van der Waals surface area contributed by atoms with Crippen LogP contribution in [-0.4, -0.2) is 46.6 Å². The molecule has 10 heteroatoms. The van der Waals surface area contributed by atoms with Crippen molar-refractivity contribution in [2.24, 2.45) is 0 Å². The molecule has 1 aliphatic rings. The molecule has 1 atom stereocenters. The molecule has 3 N–H and O–H groups in total. The van der Waals surface area contributed by atoms with Crippen molar-refractivity contribution in [2.45, 2.75) is 30.8 Å². The van der Waals surface area contributed by atoms with E-state index < -0.39 is 15.9 Å². The van der Waals surface area contributed by atoms with Crippen LogP contribution >= 0.6 is 0 Å². The van der Waals surface area contributed by atoms with Crippen molar-refractivity contribution in [1.82, 2.24) is 5.32 Å². The summed E-state index contributed by atoms with van der Waals surface area (Å²) in [5, 5.41) is 5.33. The van der Waals surface area contributed by atoms with Gasteiger partial charge < -0.3 is 20.1 Å². The van der Waals surface area contributed by atoms with Gasteiger partial charge in [-0.1, -0.05) is 12.1 Å². The molecule has 31 heavy (non-hydrogen) atoms. The number of benzene rings is 2. The third-order valence-corrected chi connectivity index (χ3v) is 6.09. The maximum Gasteiger partial charge on any atom is 0.261 e. The van der Waals surface area contributed by atoms with Gasteiger partial charge in [0.2, 0.25) is 5.91 Å². The summed E-state index contributed by atoms with van der Waals surface area (Å²) in [7, 11) is -2.63. The largest absolute Gasteiger partial charge is 0.495 e. The molecule has 1 fully saturated rings. The second-order valence-electron chi connectivity index (χ2n) is 7.04. The standard InChI is InChI=1S/C21H25N3O6S/c1-14(25)23-19-12-16(9-10-20(19)29-2)31(27,28)24-18-8-4-3-7-17(18)21(26)22-13-15-6-5-11-30-15/h3-4,7-10,12,15,24H,5-6,11,13H2,1-2H3,(H,22,26)(H,23,25)/t15-/m1/s1. The second kappa shape index (κ2) is 9.80. The molecule has 0 bridgehead atoms. The van der Waals surface area contributed by atoms with Gasteiger partial charge in [-0.25, -0.2) is 8.42 Å². The molecular formula is C21H25N3O6S. The summed E-state index contributed by atoms with van der Waals surface area (Å²) in [6, 6.07) is 10.4. The minimum atomic E-state index is -4.04. The Bertz CT molecular complexity index is 1060. The number of hydrogen-bond donors (Lipinski definition) is 3. The Hall–Kier alpha value is -3.11. The van der Waals surface area contributed by atoms with Gasteiger partial charge in [-0.3, -0.25) is 14.3 Å². The van der Waals surface area contributed by atoms with Gasteiger partial charge in [0.15, 0.2) is 0 Å². The van der Waals surface area contributed by atoms with Crippen LogP contribution in [0.5, 0.6) is 5.75 Å². The lowest BCUT2D eigenvalue weighted by atomic mass is 10.1. The van der Waals surface area contributed by atoms with E-state index in [1.807, 2.05) is 0 Å². The van der Waals surface area contributed by atoms with E-state index in [2.05, 4.69) is 15.4 Å². The highest BCUT2D eigenvalue weighted by Crippen LogP contribution is 2.29. The zero-order valence-electron chi connectivity index (χ0n) is 17.3. The first-order chi connectivity index (χ1) is 14.8. The zero-order chi connectivity index (χ0) is 22.4. The van der Waals surface area contributed by atoms with Crippen molar-refractivity contribution in [2.75, 3.05) is 30.3 Å². The summed E-state index contributed by atoms with van der Waals surface area (Å²) in [5.41, 5.74) is 0.560. The van der Waals surface area contributed by atoms with Crippen molar-refractivity contribution in [3.8, 4) is 5.75 Å². The van der Waals surface area contributed by atoms with E-state index in [9.17, 15) is 18.0 Å². The van der Waals surface area contributed by atoms with Crippen molar-refractivity contribution in [3.63, 3.8) is 0 Å². The van der Waals surface area contributed by atoms with E-state index in [4.69, 9.17) is 9.47 Å². The maximum atomic E-state index is 13.0. The molecule has 0 saturated carbocycles. The highest BCUT2D eigenvalue weighted by Gasteiger charge is 2.22. The van der Waals surface area contributed by atoms with E-state index in [1.54, 1.807) is 18.2 Å². The Morgan fingerprint density at radius 3 is 2.61 bits per heavy atom. The monoisotopic (exact) mass is 447 g/mol. The van der Waals surface area contributed by atoms with Crippen LogP contribution in [0.2, 0.25) is 0 Å². The van der Waals surface area contributed by atoms with Gasteiger partial charge in [0.25, 0.3) is 15.9 Å². The predicted molar refractivity (Wildman–Crippen MR) is 116 cm³/mol. The Morgan fingerprint density at radius 2 is 1.94 bits per heavy atom. The summed E-state index contributed by atoms with van der Waals surface area (Å²) in [6.07, 6.45) is 1.81. The van der Waals surface area contributed by atoms with Gasteiger partial charge in [0.05, 0.1) is 35.0 Å². The van der Waals surface area contributed by atoms with Crippen LogP contribution in [-0.2, 0) is 19.6 Å². The minimum Gasteiger partial charge on any atom is -0.495 e. The summed E-state index contributed by atoms with van der Waals surface area (Å²) in [6.45, 7) is 2.35. The Morgan fingerprint density at radius 1 is 1.16 bits per heavy atom. The molecule has 166 valence electrons. The summed E-state index contributed by atoms with van der Waals surface area (Å²) >= 11 is 0. The molecule has 2 aromatic rings. The van der Waals surface area contributed by atoms with Crippen molar-refractivity contribution in [3.05, 3.63) is 48.0 Å². The number of carbonyl (C=O) groups is 2. The van der Waals surface area contributed by atoms with E-state index in [0.717, 1.165) is 12.8 Å². The Kier molecular flexibility index (Phi) is 7.13. The molecule has 0 spiro atoms. The molecule has 1 aliphatic heterocycles. The average molecular weight is 448 g/mol. The average Bonchev–Trinajstić information content (AvgIpc) is 3.25. The summed E-state index contributed by atoms with van der Waals surface area (Å²) < 4.78 is 39.0. The van der Waals surface area contributed by atoms with Crippen LogP contribution in [0.1, 0.15) is 30.1 Å². The molecule has 1 saturated heterocycles. The highest BCUT2D eigenvalue weighted by molar-refractivity contribution is 7.92. The van der Waals surface area contributed by atoms with Crippen LogP contribution in [0.15, 0.2) is 47.4 Å². The van der Waals surface area contributed by atoms with Crippen LogP contribution in [0.4, 0.5) is 11.4 Å². The molecule has 2 amide bonds. The number of anilines is 2. The van der Waals surface area contributed by atoms with Gasteiger partial charge in [-0.05, 0) is 43.2 Å². The smallest absolute Gasteiger partial charge is 0.261 e. The van der Waals surface area contributed by atoms with Crippen LogP contribution in [0.25, 0.3) is 0 Å². The third kappa shape index (κ3) is 5.74. The fraction of sp³-hybridized carbons (Fsp3) is 0.333. The number of sulfonamides is 1. The number of rotatable bonds is 8. The predicted octanol–water partition coefficient (Wildman–Crippen LogP) is 2.36. The zero-order valence-corrected chi connectivity index (χ0v) is 18.1. The molecule has 1 heterocycles. The molecule has 0 unspecified atom stereocenters. The number of amides is 2. The number of hydrogen-bond acceptors (Lipinski definition) is 6. The van der Waals surface area contributed by atoms with E-state index in [1.165, 1.54) is 38.3 Å². The van der Waals surface area contributed by atoms with Crippen molar-refractivity contribution < 1.29 is 27.5 Å². The maximum absolute atomic E-state index is 13.0. The molecule has 3 rings (SSSR count). The first-order valence-corrected chi connectivity index (χ1v) is 11.3. The van der Waals surface area contributed by atoms with Crippen LogP contribution in [0, 0.1) is 0 Å². The fourth-order valence-electron chi connectivity index (χ4n) is 3.22. The van der Waals surface area contributed by atoms with E-state index in [-0.39, 0.29) is 33.8 Å². The topological polar surface area (TPSA) is 123 Å². The lowest BCUT2D eigenvalue weighted by molar-refractivity contribution is -0.114. The summed E-state index contributed by atoms with van der Waals surface area (Å²) in [4.78, 5) is 24.0. The van der Waals surface area contributed by atoms with Crippen molar-refractivity contribution in [1.29, 1.82) is 0 Å². The van der Waals surface area contributed by atoms with Crippen LogP contribution < -0.4 is 20.1 Å². The van der Waals surface area contributed by atoms with Gasteiger partial charge in [-0.15, -0.1) is 0 Å². The van der Waals surface area contributed by atoms with Gasteiger partial charge in [0, 0.05) is 20.1 Å². The number of ether oxygens (including phenoxy) is 2. The minimum absolute atomic E-state index is 0.0284. The highest BCUT2D eigenvalue weighted by atomic mass is 32.2. The van der Waals surface area contributed by atoms with Gasteiger partial charge in [0.1, 0.15) is 5.75 Å². The number of nitrogens with one attached hydrogen (secondary N) is 3. The van der Waals surface area contributed by atoms with E-state index >= 15 is 0 Å². The Labute approximate surface area is 181 Å². The first-order valence-electron chi connectivity index (χ1n) is 9.77. The molecule has 9 nitrogen and oxygen atoms in total. The lowest BCUT2D eigenvalue weighted by Crippen LogP contribution is -2.32. The van der Waals surface area contributed by atoms with Crippen molar-refractivity contribution >= 4 is 33.2 Å². The summed E-state index contributed by atoms with van der Waals surface area (Å²) in [5.74, 6) is -0.445. The molecule has 0 aliphatic carbocycles. The van der Waals surface area contributed by atoms with Gasteiger partial charge >= 0.3 is 0 Å². The normalized spacial score (nSPS) is 15.9. The number of carbonyl (C=O) groups excluding carboxylic acids is 2. The Balaban J connectivity index is 1.81. The lowest BCUT2D eigenvalue weighted by Gasteiger charge is -2.15. The SMILES string of the molecule is COc1ccc(S(=O)(=O)Nc2ccccc2C(=O)NC[C@H]2CCCO2)cc1NC(C)=O. The van der Waals surface area contributed by atoms with E-state index in [0.29, 0.717) is 18.9 Å². The van der Waals surface area contributed by atoms with Crippen LogP contribution in [0.3, 0.4) is 0 Å². The third-order valence-electron chi connectivity index (χ3n) is 4.72. The molecular weight excluding hydrogens is 422 g/mol. The second-order valence-corrected chi connectivity index (χ2v) is 8.72. The first kappa shape index (κ1) is 22.6. The number of para-hydroxylation sites is 1. The fourth-order valence-corrected chi connectivity index (χ4v) is 4.33. The number of methoxy groups -OCH3 is 1.